The van der Waals surface area contributed by atoms with Gasteiger partial charge in [0.05, 0.1) is 5.57 Å². The van der Waals surface area contributed by atoms with E-state index in [1.165, 1.54) is 0 Å². The van der Waals surface area contributed by atoms with Gasteiger partial charge in [0.2, 0.25) is 5.78 Å². The van der Waals surface area contributed by atoms with Crippen molar-refractivity contribution in [2.75, 3.05) is 13.2 Å². The highest BCUT2D eigenvalue weighted by Crippen LogP contribution is 2.41. The molecule has 1 N–H and O–H groups in total. The maximum absolute atomic E-state index is 13.0. The molecule has 1 heterocycles. The summed E-state index contributed by atoms with van der Waals surface area (Å²) in [6.07, 6.45) is 9.27. The number of hydrogen-bond donors (Lipinski definition) is 1. The molecule has 26 heavy (non-hydrogen) atoms. The third-order valence-corrected chi connectivity index (χ3v) is 5.57. The summed E-state index contributed by atoms with van der Waals surface area (Å²) < 4.78 is 5.87. The standard InChI is InChI=1S/C22H29NO3/c1-4-5-6-7-15-12-19(24)20-18-13-16(8-9-17(18)14(2)3)23-10-11-26-22(20)21(15)25/h12-13,17-18,23H,2,4-11H2,1,3H3/t17-,18?/m0/s1. The van der Waals surface area contributed by atoms with E-state index in [2.05, 4.69) is 24.9 Å². The normalized spacial score (nSPS) is 25.8. The van der Waals surface area contributed by atoms with Crippen molar-refractivity contribution in [2.45, 2.75) is 52.4 Å². The third kappa shape index (κ3) is 3.69. The van der Waals surface area contributed by atoms with E-state index in [0.29, 0.717) is 30.7 Å². The van der Waals surface area contributed by atoms with Gasteiger partial charge in [-0.3, -0.25) is 9.59 Å². The Labute approximate surface area is 156 Å². The molecule has 0 aromatic heterocycles. The van der Waals surface area contributed by atoms with E-state index >= 15 is 0 Å². The highest BCUT2D eigenvalue weighted by molar-refractivity contribution is 6.22. The minimum absolute atomic E-state index is 0.0678. The molecule has 1 aliphatic heterocycles. The van der Waals surface area contributed by atoms with Gasteiger partial charge >= 0.3 is 0 Å². The van der Waals surface area contributed by atoms with E-state index in [9.17, 15) is 9.59 Å². The van der Waals surface area contributed by atoms with E-state index in [1.54, 1.807) is 6.08 Å². The molecule has 0 aromatic carbocycles. The Kier molecular flexibility index (Phi) is 5.80. The molecule has 4 nitrogen and oxygen atoms in total. The lowest BCUT2D eigenvalue weighted by Gasteiger charge is -2.33. The largest absolute Gasteiger partial charge is 0.487 e. The van der Waals surface area contributed by atoms with Gasteiger partial charge in [0.25, 0.3) is 0 Å². The number of ether oxygens (including phenoxy) is 1. The summed E-state index contributed by atoms with van der Waals surface area (Å²) in [4.78, 5) is 26.1. The average Bonchev–Trinajstić information content (AvgIpc) is 2.68. The molecular weight excluding hydrogens is 326 g/mol. The van der Waals surface area contributed by atoms with Crippen LogP contribution < -0.4 is 5.32 Å². The Bertz CT molecular complexity index is 711. The van der Waals surface area contributed by atoms with Crippen molar-refractivity contribution in [3.63, 3.8) is 0 Å². The number of hydrogen-bond acceptors (Lipinski definition) is 4. The Morgan fingerprint density at radius 2 is 2.15 bits per heavy atom. The number of carbonyl (C=O) groups is 2. The number of rotatable bonds is 5. The SMILES string of the molecule is C=C(C)[C@@H]1CCC2=CC1C1=C(OCCN2)C(=O)C(CCCCC)=CC1=O. The zero-order chi connectivity index (χ0) is 18.7. The molecule has 0 amide bonds. The van der Waals surface area contributed by atoms with Crippen LogP contribution in [0.2, 0.25) is 0 Å². The first kappa shape index (κ1) is 18.7. The van der Waals surface area contributed by atoms with Crippen LogP contribution in [0.15, 0.2) is 46.9 Å². The van der Waals surface area contributed by atoms with Crippen molar-refractivity contribution in [3.05, 3.63) is 46.9 Å². The molecule has 2 atom stereocenters. The van der Waals surface area contributed by atoms with Crippen LogP contribution in [0.1, 0.15) is 52.4 Å². The van der Waals surface area contributed by atoms with E-state index in [0.717, 1.165) is 43.4 Å². The lowest BCUT2D eigenvalue weighted by Crippen LogP contribution is -2.30. The summed E-state index contributed by atoms with van der Waals surface area (Å²) in [7, 11) is 0. The van der Waals surface area contributed by atoms with Crippen molar-refractivity contribution >= 4 is 11.6 Å². The van der Waals surface area contributed by atoms with Gasteiger partial charge in [0.15, 0.2) is 11.5 Å². The number of Topliss-reactive ketones (excluding diaryl/α,β-unsaturated/α-hetero) is 1. The van der Waals surface area contributed by atoms with Crippen LogP contribution in [0.5, 0.6) is 0 Å². The monoisotopic (exact) mass is 355 g/mol. The Balaban J connectivity index is 1.98. The topological polar surface area (TPSA) is 55.4 Å². The van der Waals surface area contributed by atoms with Crippen LogP contribution in [0, 0.1) is 11.8 Å². The average molecular weight is 355 g/mol. The molecule has 3 rings (SSSR count). The van der Waals surface area contributed by atoms with Crippen LogP contribution in [-0.4, -0.2) is 24.7 Å². The summed E-state index contributed by atoms with van der Waals surface area (Å²) >= 11 is 0. The molecule has 0 fully saturated rings. The van der Waals surface area contributed by atoms with Crippen LogP contribution in [0.3, 0.4) is 0 Å². The fraction of sp³-hybridized carbons (Fsp3) is 0.545. The zero-order valence-electron chi connectivity index (χ0n) is 15.9. The van der Waals surface area contributed by atoms with Crippen molar-refractivity contribution in [1.29, 1.82) is 0 Å². The van der Waals surface area contributed by atoms with E-state index < -0.39 is 0 Å². The number of allylic oxidation sites excluding steroid dienone is 6. The quantitative estimate of drug-likeness (QED) is 0.460. The van der Waals surface area contributed by atoms with Crippen LogP contribution >= 0.6 is 0 Å². The zero-order valence-corrected chi connectivity index (χ0v) is 15.9. The molecule has 0 spiro atoms. The van der Waals surface area contributed by atoms with Crippen molar-refractivity contribution in [1.82, 2.24) is 5.32 Å². The van der Waals surface area contributed by atoms with Crippen molar-refractivity contribution in [2.24, 2.45) is 11.8 Å². The predicted molar refractivity (Wildman–Crippen MR) is 102 cm³/mol. The van der Waals surface area contributed by atoms with E-state index in [4.69, 9.17) is 4.74 Å². The maximum Gasteiger partial charge on any atom is 0.224 e. The second-order valence-corrected chi connectivity index (χ2v) is 7.55. The van der Waals surface area contributed by atoms with Crippen LogP contribution in [0.25, 0.3) is 0 Å². The van der Waals surface area contributed by atoms with Crippen LogP contribution in [-0.2, 0) is 14.3 Å². The molecular formula is C22H29NO3. The Morgan fingerprint density at radius 3 is 2.88 bits per heavy atom. The highest BCUT2D eigenvalue weighted by Gasteiger charge is 2.39. The molecule has 4 heteroatoms. The summed E-state index contributed by atoms with van der Waals surface area (Å²) in [5.41, 5.74) is 3.32. The van der Waals surface area contributed by atoms with Crippen LogP contribution in [0.4, 0.5) is 0 Å². The minimum Gasteiger partial charge on any atom is -0.487 e. The summed E-state index contributed by atoms with van der Waals surface area (Å²) in [6.45, 7) is 9.29. The van der Waals surface area contributed by atoms with E-state index in [-0.39, 0.29) is 29.2 Å². The van der Waals surface area contributed by atoms with Gasteiger partial charge in [-0.25, -0.2) is 0 Å². The maximum atomic E-state index is 13.0. The van der Waals surface area contributed by atoms with Gasteiger partial charge in [0.1, 0.15) is 6.61 Å². The van der Waals surface area contributed by atoms with E-state index in [1.807, 2.05) is 6.92 Å². The van der Waals surface area contributed by atoms with Gasteiger partial charge in [0, 0.05) is 23.7 Å². The van der Waals surface area contributed by atoms with Crippen molar-refractivity contribution < 1.29 is 14.3 Å². The third-order valence-electron chi connectivity index (χ3n) is 5.57. The fourth-order valence-electron chi connectivity index (χ4n) is 4.15. The molecule has 0 aromatic rings. The van der Waals surface area contributed by atoms with Gasteiger partial charge < -0.3 is 10.1 Å². The summed E-state index contributed by atoms with van der Waals surface area (Å²) in [5.74, 6) is 0.141. The number of ketones is 2. The second kappa shape index (κ2) is 8.07. The number of carbonyl (C=O) groups excluding carboxylic acids is 2. The Hall–Kier alpha value is -2.10. The molecule has 0 saturated heterocycles. The number of fused-ring (bicyclic) bond motifs is 2. The fourth-order valence-corrected chi connectivity index (χ4v) is 4.15. The van der Waals surface area contributed by atoms with Gasteiger partial charge in [-0.2, -0.15) is 0 Å². The first-order valence-electron chi connectivity index (χ1n) is 9.79. The lowest BCUT2D eigenvalue weighted by molar-refractivity contribution is -0.119. The second-order valence-electron chi connectivity index (χ2n) is 7.55. The molecule has 1 unspecified atom stereocenters. The highest BCUT2D eigenvalue weighted by atomic mass is 16.5. The predicted octanol–water partition coefficient (Wildman–Crippen LogP) is 4.01. The summed E-state index contributed by atoms with van der Waals surface area (Å²) in [6, 6.07) is 0. The Morgan fingerprint density at radius 1 is 1.35 bits per heavy atom. The lowest BCUT2D eigenvalue weighted by atomic mass is 9.72. The molecule has 3 aliphatic rings. The first-order valence-corrected chi connectivity index (χ1v) is 9.79. The van der Waals surface area contributed by atoms with Gasteiger partial charge in [-0.15, -0.1) is 0 Å². The molecule has 0 radical (unpaired) electrons. The van der Waals surface area contributed by atoms with Crippen molar-refractivity contribution in [3.8, 4) is 0 Å². The van der Waals surface area contributed by atoms with Gasteiger partial charge in [-0.1, -0.05) is 38.0 Å². The molecule has 2 aliphatic carbocycles. The minimum atomic E-state index is -0.137. The molecule has 2 bridgehead atoms. The smallest absolute Gasteiger partial charge is 0.224 e. The first-order chi connectivity index (χ1) is 12.5. The molecule has 0 saturated carbocycles. The van der Waals surface area contributed by atoms with Gasteiger partial charge in [-0.05, 0) is 44.6 Å². The molecule has 140 valence electrons. The summed E-state index contributed by atoms with van der Waals surface area (Å²) in [5, 5.41) is 3.39. The number of nitrogens with one attached hydrogen (secondary N) is 1. The number of unbranched alkanes of at least 4 members (excludes halogenated alkanes) is 2.